The molecule has 0 spiro atoms. The minimum absolute atomic E-state index is 0.105. The maximum Gasteiger partial charge on any atom is 0.139 e. The Bertz CT molecular complexity index is 526. The zero-order valence-corrected chi connectivity index (χ0v) is 13.0. The lowest BCUT2D eigenvalue weighted by molar-refractivity contribution is -0.126. The molecule has 3 saturated carbocycles. The van der Waals surface area contributed by atoms with E-state index < -0.39 is 0 Å². The van der Waals surface area contributed by atoms with Gasteiger partial charge in [0.25, 0.3) is 0 Å². The van der Waals surface area contributed by atoms with Gasteiger partial charge in [0.15, 0.2) is 0 Å². The highest BCUT2D eigenvalue weighted by Gasteiger charge is 2.48. The molecule has 0 aromatic rings. The second-order valence-corrected chi connectivity index (χ2v) is 7.22. The monoisotopic (exact) mass is 286 g/mol. The summed E-state index contributed by atoms with van der Waals surface area (Å²) in [4.78, 5) is 12.2. The third-order valence-electron chi connectivity index (χ3n) is 5.86. The van der Waals surface area contributed by atoms with E-state index in [-0.39, 0.29) is 11.5 Å². The molecule has 3 fully saturated rings. The molecule has 3 aliphatic carbocycles. The van der Waals surface area contributed by atoms with Gasteiger partial charge in [-0.05, 0) is 56.4 Å². The van der Waals surface area contributed by atoms with E-state index in [0.717, 1.165) is 51.4 Å². The summed E-state index contributed by atoms with van der Waals surface area (Å²) in [5, 5.41) is 9.81. The largest absolute Gasteiger partial charge is 0.393 e. The van der Waals surface area contributed by atoms with Crippen molar-refractivity contribution in [2.45, 2.75) is 64.4 Å². The second kappa shape index (κ2) is 5.57. The van der Waals surface area contributed by atoms with Crippen LogP contribution in [0, 0.1) is 11.3 Å². The molecule has 3 atom stereocenters. The molecule has 3 aliphatic rings. The first-order valence-corrected chi connectivity index (χ1v) is 8.30. The van der Waals surface area contributed by atoms with Crippen LogP contribution in [0.3, 0.4) is 0 Å². The summed E-state index contributed by atoms with van der Waals surface area (Å²) in [5.74, 6) is 0.903. The smallest absolute Gasteiger partial charge is 0.139 e. The first-order chi connectivity index (χ1) is 10.0. The van der Waals surface area contributed by atoms with Gasteiger partial charge in [0.2, 0.25) is 0 Å². The number of allylic oxidation sites excluding steroid dienone is 4. The van der Waals surface area contributed by atoms with Crippen LogP contribution in [0.1, 0.15) is 58.3 Å². The molecule has 114 valence electrons. The number of fused-ring (bicyclic) bond motifs is 1. The predicted octanol–water partition coefficient (Wildman–Crippen LogP) is 4.11. The Kier molecular flexibility index (Phi) is 3.92. The van der Waals surface area contributed by atoms with Crippen LogP contribution in [0.4, 0.5) is 0 Å². The Morgan fingerprint density at radius 1 is 1.24 bits per heavy atom. The standard InChI is InChI=1S/C19H26O2/c1-13-5-8-16(20)12-15(13)7-6-14-4-3-11-19(2)17(14)9-10-18(19)21/h6-7,16-17,20H,1,3-5,8-12H2,2H3/b14-6+,15-7-/t16?,17-,19-/m0/s1. The lowest BCUT2D eigenvalue weighted by Crippen LogP contribution is -2.33. The van der Waals surface area contributed by atoms with Gasteiger partial charge in [-0.3, -0.25) is 4.79 Å². The zero-order valence-electron chi connectivity index (χ0n) is 13.0. The van der Waals surface area contributed by atoms with E-state index in [1.807, 2.05) is 0 Å². The third kappa shape index (κ3) is 2.66. The van der Waals surface area contributed by atoms with Crippen molar-refractivity contribution in [2.75, 3.05) is 0 Å². The Morgan fingerprint density at radius 2 is 2.05 bits per heavy atom. The number of aliphatic hydroxyl groups is 1. The highest BCUT2D eigenvalue weighted by atomic mass is 16.3. The van der Waals surface area contributed by atoms with Crippen molar-refractivity contribution in [3.8, 4) is 0 Å². The van der Waals surface area contributed by atoms with Gasteiger partial charge in [-0.1, -0.05) is 36.8 Å². The molecule has 2 heteroatoms. The zero-order chi connectivity index (χ0) is 15.0. The molecule has 1 unspecified atom stereocenters. The van der Waals surface area contributed by atoms with Crippen molar-refractivity contribution >= 4 is 5.78 Å². The van der Waals surface area contributed by atoms with Crippen molar-refractivity contribution in [1.82, 2.24) is 0 Å². The van der Waals surface area contributed by atoms with Gasteiger partial charge in [-0.15, -0.1) is 0 Å². The van der Waals surface area contributed by atoms with E-state index in [1.54, 1.807) is 0 Å². The fraction of sp³-hybridized carbons (Fsp3) is 0.632. The van der Waals surface area contributed by atoms with Crippen molar-refractivity contribution in [1.29, 1.82) is 0 Å². The molecule has 2 nitrogen and oxygen atoms in total. The van der Waals surface area contributed by atoms with Gasteiger partial charge < -0.3 is 5.11 Å². The van der Waals surface area contributed by atoms with Gasteiger partial charge >= 0.3 is 0 Å². The molecule has 0 aromatic heterocycles. The van der Waals surface area contributed by atoms with Crippen LogP contribution in [0.15, 0.2) is 35.5 Å². The fourth-order valence-electron chi connectivity index (χ4n) is 4.41. The van der Waals surface area contributed by atoms with Crippen molar-refractivity contribution in [3.63, 3.8) is 0 Å². The highest BCUT2D eigenvalue weighted by molar-refractivity contribution is 5.87. The highest BCUT2D eigenvalue weighted by Crippen LogP contribution is 2.52. The number of aliphatic hydroxyl groups excluding tert-OH is 1. The molecular formula is C19H26O2. The lowest BCUT2D eigenvalue weighted by atomic mass is 9.66. The van der Waals surface area contributed by atoms with E-state index >= 15 is 0 Å². The van der Waals surface area contributed by atoms with Gasteiger partial charge in [0.1, 0.15) is 5.78 Å². The minimum atomic E-state index is -0.218. The number of hydrogen-bond donors (Lipinski definition) is 1. The van der Waals surface area contributed by atoms with Gasteiger partial charge in [0.05, 0.1) is 6.10 Å². The quantitative estimate of drug-likeness (QED) is 0.787. The third-order valence-corrected chi connectivity index (χ3v) is 5.86. The molecule has 3 rings (SSSR count). The van der Waals surface area contributed by atoms with E-state index in [9.17, 15) is 9.90 Å². The molecular weight excluding hydrogens is 260 g/mol. The molecule has 0 aliphatic heterocycles. The lowest BCUT2D eigenvalue weighted by Gasteiger charge is -2.36. The first-order valence-electron chi connectivity index (χ1n) is 8.30. The Hall–Kier alpha value is -1.15. The summed E-state index contributed by atoms with van der Waals surface area (Å²) in [7, 11) is 0. The number of Topliss-reactive ketones (excluding diaryl/α,β-unsaturated/α-hetero) is 1. The summed E-state index contributed by atoms with van der Waals surface area (Å²) < 4.78 is 0. The Labute approximate surface area is 127 Å². The Morgan fingerprint density at radius 3 is 2.86 bits per heavy atom. The van der Waals surface area contributed by atoms with Crippen LogP contribution in [-0.2, 0) is 4.79 Å². The minimum Gasteiger partial charge on any atom is -0.393 e. The van der Waals surface area contributed by atoms with Crippen LogP contribution in [-0.4, -0.2) is 17.0 Å². The molecule has 0 amide bonds. The summed E-state index contributed by atoms with van der Waals surface area (Å²) in [6.45, 7) is 6.29. The maximum absolute atomic E-state index is 12.2. The summed E-state index contributed by atoms with van der Waals surface area (Å²) in [5.41, 5.74) is 3.69. The first kappa shape index (κ1) is 14.8. The van der Waals surface area contributed by atoms with Gasteiger partial charge in [-0.25, -0.2) is 0 Å². The van der Waals surface area contributed by atoms with Crippen molar-refractivity contribution < 1.29 is 9.90 Å². The predicted molar refractivity (Wildman–Crippen MR) is 84.9 cm³/mol. The van der Waals surface area contributed by atoms with Crippen LogP contribution >= 0.6 is 0 Å². The molecule has 21 heavy (non-hydrogen) atoms. The second-order valence-electron chi connectivity index (χ2n) is 7.22. The van der Waals surface area contributed by atoms with Crippen LogP contribution < -0.4 is 0 Å². The summed E-state index contributed by atoms with van der Waals surface area (Å²) in [6, 6.07) is 0. The van der Waals surface area contributed by atoms with E-state index in [2.05, 4.69) is 25.7 Å². The maximum atomic E-state index is 12.2. The Balaban J connectivity index is 1.82. The SMILES string of the molecule is C=C1CCC(O)C/C1=C/C=C1\CCC[C@]2(C)C(=O)CC[C@@H]12. The molecule has 0 aromatic carbocycles. The molecule has 0 radical (unpaired) electrons. The number of carbonyl (C=O) groups excluding carboxylic acids is 1. The van der Waals surface area contributed by atoms with Crippen LogP contribution in [0.25, 0.3) is 0 Å². The van der Waals surface area contributed by atoms with Crippen LogP contribution in [0.5, 0.6) is 0 Å². The number of carbonyl (C=O) groups is 1. The average Bonchev–Trinajstić information content (AvgIpc) is 2.76. The van der Waals surface area contributed by atoms with Crippen molar-refractivity contribution in [2.24, 2.45) is 11.3 Å². The van der Waals surface area contributed by atoms with E-state index in [1.165, 1.54) is 16.7 Å². The molecule has 0 bridgehead atoms. The topological polar surface area (TPSA) is 37.3 Å². The fourth-order valence-corrected chi connectivity index (χ4v) is 4.41. The molecule has 0 saturated heterocycles. The molecule has 0 heterocycles. The number of ketones is 1. The summed E-state index contributed by atoms with van der Waals surface area (Å²) >= 11 is 0. The van der Waals surface area contributed by atoms with E-state index in [0.29, 0.717) is 11.7 Å². The number of hydrogen-bond acceptors (Lipinski definition) is 2. The number of rotatable bonds is 1. The van der Waals surface area contributed by atoms with Crippen molar-refractivity contribution in [3.05, 3.63) is 35.5 Å². The van der Waals surface area contributed by atoms with Gasteiger partial charge in [0, 0.05) is 11.8 Å². The normalized spacial score (nSPS) is 40.9. The van der Waals surface area contributed by atoms with Gasteiger partial charge in [-0.2, -0.15) is 0 Å². The van der Waals surface area contributed by atoms with E-state index in [4.69, 9.17) is 0 Å². The average molecular weight is 286 g/mol. The summed E-state index contributed by atoms with van der Waals surface area (Å²) in [6.07, 6.45) is 11.7. The molecule has 1 N–H and O–H groups in total. The van der Waals surface area contributed by atoms with Crippen LogP contribution in [0.2, 0.25) is 0 Å².